The van der Waals surface area contributed by atoms with Crippen LogP contribution in [0.3, 0.4) is 0 Å². The van der Waals surface area contributed by atoms with Gasteiger partial charge in [0.2, 0.25) is 0 Å². The zero-order chi connectivity index (χ0) is 9.03. The van der Waals surface area contributed by atoms with Gasteiger partial charge in [0, 0.05) is 0 Å². The van der Waals surface area contributed by atoms with E-state index in [2.05, 4.69) is 0 Å². The Kier molecular flexibility index (Phi) is 2.90. The molecular formula is C10H16O2. The highest BCUT2D eigenvalue weighted by molar-refractivity contribution is 5.77. The number of hydrogen-bond donors (Lipinski definition) is 1. The van der Waals surface area contributed by atoms with Gasteiger partial charge in [-0.3, -0.25) is 4.79 Å². The van der Waals surface area contributed by atoms with Crippen LogP contribution in [0.5, 0.6) is 0 Å². The van der Waals surface area contributed by atoms with E-state index in [1.54, 1.807) is 0 Å². The van der Waals surface area contributed by atoms with Gasteiger partial charge in [-0.05, 0) is 19.8 Å². The van der Waals surface area contributed by atoms with Crippen molar-refractivity contribution in [2.24, 2.45) is 5.41 Å². The van der Waals surface area contributed by atoms with E-state index < -0.39 is 11.4 Å². The second-order valence-corrected chi connectivity index (χ2v) is 3.52. The monoisotopic (exact) mass is 168 g/mol. The van der Waals surface area contributed by atoms with Crippen molar-refractivity contribution < 1.29 is 9.90 Å². The Labute approximate surface area is 73.3 Å². The molecule has 0 aromatic heterocycles. The zero-order valence-electron chi connectivity index (χ0n) is 7.55. The van der Waals surface area contributed by atoms with Gasteiger partial charge < -0.3 is 5.11 Å². The highest BCUT2D eigenvalue weighted by Crippen LogP contribution is 2.37. The zero-order valence-corrected chi connectivity index (χ0v) is 7.55. The van der Waals surface area contributed by atoms with Crippen molar-refractivity contribution in [3.05, 3.63) is 12.2 Å². The molecule has 0 saturated heterocycles. The van der Waals surface area contributed by atoms with Crippen LogP contribution >= 0.6 is 0 Å². The molecule has 0 spiro atoms. The van der Waals surface area contributed by atoms with E-state index in [1.807, 2.05) is 19.1 Å². The molecule has 1 aliphatic rings. The fourth-order valence-electron chi connectivity index (χ4n) is 1.95. The molecule has 0 amide bonds. The third-order valence-electron chi connectivity index (χ3n) is 2.66. The van der Waals surface area contributed by atoms with Gasteiger partial charge in [-0.1, -0.05) is 31.4 Å². The first-order valence-electron chi connectivity index (χ1n) is 4.58. The molecule has 0 heterocycles. The smallest absolute Gasteiger partial charge is 0.313 e. The second kappa shape index (κ2) is 3.74. The first-order valence-corrected chi connectivity index (χ1v) is 4.58. The summed E-state index contributed by atoms with van der Waals surface area (Å²) in [6, 6.07) is 0. The quantitative estimate of drug-likeness (QED) is 0.643. The molecule has 1 N–H and O–H groups in total. The summed E-state index contributed by atoms with van der Waals surface area (Å²) < 4.78 is 0. The summed E-state index contributed by atoms with van der Waals surface area (Å²) in [6.07, 6.45) is 8.63. The minimum Gasteiger partial charge on any atom is -0.481 e. The highest BCUT2D eigenvalue weighted by atomic mass is 16.4. The van der Waals surface area contributed by atoms with Gasteiger partial charge in [0.1, 0.15) is 0 Å². The fourth-order valence-corrected chi connectivity index (χ4v) is 1.95. The highest BCUT2D eigenvalue weighted by Gasteiger charge is 2.36. The van der Waals surface area contributed by atoms with Crippen LogP contribution in [-0.2, 0) is 4.79 Å². The van der Waals surface area contributed by atoms with Gasteiger partial charge in [0.15, 0.2) is 0 Å². The molecule has 0 aromatic rings. The predicted octanol–water partition coefficient (Wildman–Crippen LogP) is 2.60. The number of carboxylic acid groups (broad SMARTS) is 1. The number of aliphatic carboxylic acids is 1. The van der Waals surface area contributed by atoms with E-state index in [0.29, 0.717) is 0 Å². The van der Waals surface area contributed by atoms with E-state index in [9.17, 15) is 4.79 Å². The largest absolute Gasteiger partial charge is 0.481 e. The lowest BCUT2D eigenvalue weighted by molar-refractivity contribution is -0.147. The van der Waals surface area contributed by atoms with Crippen molar-refractivity contribution in [2.75, 3.05) is 0 Å². The number of carbonyl (C=O) groups is 1. The number of carboxylic acids is 1. The minimum atomic E-state index is -0.652. The Morgan fingerprint density at radius 1 is 1.33 bits per heavy atom. The molecule has 0 radical (unpaired) electrons. The molecule has 68 valence electrons. The minimum absolute atomic E-state index is 0.535. The van der Waals surface area contributed by atoms with Gasteiger partial charge >= 0.3 is 5.97 Å². The van der Waals surface area contributed by atoms with Gasteiger partial charge in [0.25, 0.3) is 0 Å². The summed E-state index contributed by atoms with van der Waals surface area (Å²) in [5.74, 6) is -0.652. The molecule has 2 nitrogen and oxygen atoms in total. The molecule has 12 heavy (non-hydrogen) atoms. The standard InChI is InChI=1S/C10H16O2/c1-2-6-10(9(11)12)7-4-3-5-8-10/h2,6H,3-5,7-8H2,1H3,(H,11,12)/b6-2-. The number of hydrogen-bond acceptors (Lipinski definition) is 1. The first-order chi connectivity index (χ1) is 5.71. The molecule has 0 aromatic carbocycles. The van der Waals surface area contributed by atoms with Crippen LogP contribution < -0.4 is 0 Å². The van der Waals surface area contributed by atoms with Gasteiger partial charge in [-0.25, -0.2) is 0 Å². The van der Waals surface area contributed by atoms with Crippen LogP contribution in [0.2, 0.25) is 0 Å². The molecule has 0 atom stereocenters. The Bertz CT molecular complexity index is 188. The maximum absolute atomic E-state index is 11.0. The summed E-state index contributed by atoms with van der Waals surface area (Å²) in [7, 11) is 0. The summed E-state index contributed by atoms with van der Waals surface area (Å²) >= 11 is 0. The van der Waals surface area contributed by atoms with E-state index in [0.717, 1.165) is 25.7 Å². The topological polar surface area (TPSA) is 37.3 Å². The Morgan fingerprint density at radius 3 is 2.33 bits per heavy atom. The maximum Gasteiger partial charge on any atom is 0.313 e. The van der Waals surface area contributed by atoms with E-state index in [4.69, 9.17) is 5.11 Å². The van der Waals surface area contributed by atoms with Gasteiger partial charge in [0.05, 0.1) is 5.41 Å². The van der Waals surface area contributed by atoms with E-state index in [-0.39, 0.29) is 0 Å². The van der Waals surface area contributed by atoms with Crippen LogP contribution in [-0.4, -0.2) is 11.1 Å². The Balaban J connectivity index is 2.76. The summed E-state index contributed by atoms with van der Waals surface area (Å²) in [4.78, 5) is 11.0. The van der Waals surface area contributed by atoms with Gasteiger partial charge in [-0.15, -0.1) is 0 Å². The third-order valence-corrected chi connectivity index (χ3v) is 2.66. The molecule has 1 fully saturated rings. The van der Waals surface area contributed by atoms with Gasteiger partial charge in [-0.2, -0.15) is 0 Å². The Hall–Kier alpha value is -0.790. The van der Waals surface area contributed by atoms with E-state index in [1.165, 1.54) is 6.42 Å². The normalized spacial score (nSPS) is 22.8. The molecule has 1 saturated carbocycles. The number of allylic oxidation sites excluding steroid dienone is 1. The fraction of sp³-hybridized carbons (Fsp3) is 0.700. The molecule has 0 aliphatic heterocycles. The summed E-state index contributed by atoms with van der Waals surface area (Å²) in [5, 5.41) is 9.07. The third kappa shape index (κ3) is 1.68. The summed E-state index contributed by atoms with van der Waals surface area (Å²) in [5.41, 5.74) is -0.535. The van der Waals surface area contributed by atoms with E-state index >= 15 is 0 Å². The van der Waals surface area contributed by atoms with Crippen LogP contribution in [0.15, 0.2) is 12.2 Å². The molecular weight excluding hydrogens is 152 g/mol. The molecule has 1 aliphatic carbocycles. The van der Waals surface area contributed by atoms with Crippen molar-refractivity contribution >= 4 is 5.97 Å². The lowest BCUT2D eigenvalue weighted by Gasteiger charge is -2.29. The maximum atomic E-state index is 11.0. The molecule has 2 heteroatoms. The first kappa shape index (κ1) is 9.30. The van der Waals surface area contributed by atoms with Crippen LogP contribution in [0.25, 0.3) is 0 Å². The van der Waals surface area contributed by atoms with Crippen molar-refractivity contribution in [1.29, 1.82) is 0 Å². The predicted molar refractivity (Wildman–Crippen MR) is 48.0 cm³/mol. The molecule has 1 rings (SSSR count). The van der Waals surface area contributed by atoms with Crippen molar-refractivity contribution in [1.82, 2.24) is 0 Å². The van der Waals surface area contributed by atoms with Crippen molar-refractivity contribution in [2.45, 2.75) is 39.0 Å². The number of rotatable bonds is 2. The lowest BCUT2D eigenvalue weighted by atomic mass is 9.74. The summed E-state index contributed by atoms with van der Waals surface area (Å²) in [6.45, 7) is 1.89. The van der Waals surface area contributed by atoms with Crippen molar-refractivity contribution in [3.63, 3.8) is 0 Å². The average molecular weight is 168 g/mol. The Morgan fingerprint density at radius 2 is 1.92 bits per heavy atom. The van der Waals surface area contributed by atoms with Crippen LogP contribution in [0.1, 0.15) is 39.0 Å². The molecule has 0 unspecified atom stereocenters. The van der Waals surface area contributed by atoms with Crippen LogP contribution in [0.4, 0.5) is 0 Å². The lowest BCUT2D eigenvalue weighted by Crippen LogP contribution is -2.31. The molecule has 0 bridgehead atoms. The van der Waals surface area contributed by atoms with Crippen molar-refractivity contribution in [3.8, 4) is 0 Å². The SMILES string of the molecule is C/C=C\C1(C(=O)O)CCCCC1. The second-order valence-electron chi connectivity index (χ2n) is 3.52. The van der Waals surface area contributed by atoms with Crippen LogP contribution in [0, 0.1) is 5.41 Å². The average Bonchev–Trinajstić information content (AvgIpc) is 2.06.